The van der Waals surface area contributed by atoms with Crippen molar-refractivity contribution in [3.63, 3.8) is 0 Å². The third-order valence-electron chi connectivity index (χ3n) is 10.9. The molecule has 0 heterocycles. The first-order valence-electron chi connectivity index (χ1n) is 23.3. The van der Waals surface area contributed by atoms with E-state index >= 15 is 0 Å². The molecule has 0 radical (unpaired) electrons. The molecule has 0 aliphatic rings. The molecule has 0 aliphatic heterocycles. The van der Waals surface area contributed by atoms with E-state index < -0.39 is 11.9 Å². The first-order valence-corrected chi connectivity index (χ1v) is 23.3. The van der Waals surface area contributed by atoms with Crippen molar-refractivity contribution in [2.75, 3.05) is 0 Å². The van der Waals surface area contributed by atoms with Crippen LogP contribution >= 0.6 is 0 Å². The molecule has 4 atom stereocenters. The van der Waals surface area contributed by atoms with Crippen LogP contribution in [0.25, 0.3) is 0 Å². The Balaban J connectivity index is 0.00000112. The third-order valence-corrected chi connectivity index (χ3v) is 10.9. The maximum atomic E-state index is 10.5. The van der Waals surface area contributed by atoms with E-state index in [1.165, 1.54) is 62.5 Å². The van der Waals surface area contributed by atoms with Crippen LogP contribution in [-0.4, -0.2) is 95.4 Å². The Kier molecular flexibility index (Phi) is 41.2. The van der Waals surface area contributed by atoms with Gasteiger partial charge in [0.05, 0.1) is 37.6 Å². The van der Waals surface area contributed by atoms with Crippen molar-refractivity contribution in [1.29, 1.82) is 0 Å². The summed E-state index contributed by atoms with van der Waals surface area (Å²) in [6.45, 7) is 5.64. The molecule has 2 aromatic carbocycles. The number of hydrogen-bond acceptors (Lipinski definition) is 8. The number of aliphatic hydroxyl groups is 2. The maximum absolute atomic E-state index is 10.5. The number of carbonyl (C=O) groups excluding carboxylic acids is 2. The summed E-state index contributed by atoms with van der Waals surface area (Å²) in [6.07, 6.45) is 26.7. The average Bonchev–Trinajstić information content (AvgIpc) is 3.21. The Morgan fingerprint density at radius 2 is 0.763 bits per heavy atom. The Labute approximate surface area is 400 Å². The normalized spacial score (nSPS) is 13.1. The number of ether oxygens (including phenoxy) is 2. The van der Waals surface area contributed by atoms with E-state index in [0.717, 1.165) is 103 Å². The molecular formula is C50H82BaO8. The minimum absolute atomic E-state index is 0. The molecule has 0 bridgehead atoms. The summed E-state index contributed by atoms with van der Waals surface area (Å²) in [7, 11) is 0. The van der Waals surface area contributed by atoms with E-state index in [-0.39, 0.29) is 86.1 Å². The molecular weight excluding hydrogens is 866 g/mol. The number of benzene rings is 2. The van der Waals surface area contributed by atoms with Gasteiger partial charge in [0, 0.05) is 11.9 Å². The van der Waals surface area contributed by atoms with Crippen LogP contribution in [0.5, 0.6) is 0 Å². The summed E-state index contributed by atoms with van der Waals surface area (Å²) in [4.78, 5) is 21.1. The Bertz CT molecular complexity index is 1110. The van der Waals surface area contributed by atoms with Crippen molar-refractivity contribution >= 4 is 60.8 Å². The molecule has 2 aromatic rings. The summed E-state index contributed by atoms with van der Waals surface area (Å²) in [5, 5.41) is 41.5. The molecule has 2 N–H and O–H groups in total. The van der Waals surface area contributed by atoms with Crippen LogP contribution < -0.4 is 10.2 Å². The maximum Gasteiger partial charge on any atom is 2.00 e. The van der Waals surface area contributed by atoms with Crippen molar-refractivity contribution in [2.24, 2.45) is 0 Å². The number of carboxylic acids is 2. The molecule has 0 amide bonds. The summed E-state index contributed by atoms with van der Waals surface area (Å²) in [5.41, 5.74) is 2.34. The second-order valence-electron chi connectivity index (χ2n) is 16.4. The van der Waals surface area contributed by atoms with Crippen LogP contribution in [0.3, 0.4) is 0 Å². The van der Waals surface area contributed by atoms with E-state index in [0.29, 0.717) is 26.1 Å². The molecule has 59 heavy (non-hydrogen) atoms. The van der Waals surface area contributed by atoms with E-state index in [2.05, 4.69) is 38.1 Å². The quantitative estimate of drug-likeness (QED) is 0.0501. The van der Waals surface area contributed by atoms with Crippen LogP contribution in [0.1, 0.15) is 205 Å². The molecule has 4 unspecified atom stereocenters. The van der Waals surface area contributed by atoms with E-state index in [1.54, 1.807) is 0 Å². The number of unbranched alkanes of at least 4 members (excludes halogenated alkanes) is 12. The minimum Gasteiger partial charge on any atom is -0.550 e. The zero-order valence-electron chi connectivity index (χ0n) is 37.3. The third kappa shape index (κ3) is 38.2. The van der Waals surface area contributed by atoms with Gasteiger partial charge in [0.15, 0.2) is 0 Å². The smallest absolute Gasteiger partial charge is 0.550 e. The van der Waals surface area contributed by atoms with E-state index in [4.69, 9.17) is 9.47 Å². The van der Waals surface area contributed by atoms with Crippen molar-refractivity contribution in [1.82, 2.24) is 0 Å². The number of rotatable bonds is 38. The standard InChI is InChI=1S/2C25H42O4.Ba/c2*1-2-3-4-5-10-16-23(26)17-13-19-24(18-11-7-12-20-25(27)28)29-21-22-14-8-6-9-15-22;/h2*6,8-9,14-15,23-24,26H,2-5,7,10-13,16-21H2,1H3,(H,27,28);/q;;+2/p-2. The molecule has 0 aliphatic carbocycles. The molecule has 9 heteroatoms. The van der Waals surface area contributed by atoms with Crippen LogP contribution in [-0.2, 0) is 32.3 Å². The van der Waals surface area contributed by atoms with Crippen LogP contribution in [0.2, 0.25) is 0 Å². The van der Waals surface area contributed by atoms with E-state index in [1.807, 2.05) is 36.4 Å². The second-order valence-corrected chi connectivity index (χ2v) is 16.4. The Morgan fingerprint density at radius 3 is 1.12 bits per heavy atom. The topological polar surface area (TPSA) is 139 Å². The molecule has 2 rings (SSSR count). The Morgan fingerprint density at radius 1 is 0.458 bits per heavy atom. The van der Waals surface area contributed by atoms with Gasteiger partial charge in [-0.25, -0.2) is 0 Å². The molecule has 0 saturated carbocycles. The van der Waals surface area contributed by atoms with Crippen LogP contribution in [0.4, 0.5) is 0 Å². The summed E-state index contributed by atoms with van der Waals surface area (Å²) >= 11 is 0. The van der Waals surface area contributed by atoms with Gasteiger partial charge in [0.25, 0.3) is 0 Å². The van der Waals surface area contributed by atoms with Gasteiger partial charge in [0.1, 0.15) is 0 Å². The van der Waals surface area contributed by atoms with Crippen LogP contribution in [0.15, 0.2) is 60.7 Å². The first kappa shape index (κ1) is 57.8. The number of aliphatic carboxylic acids is 2. The largest absolute Gasteiger partial charge is 2.00 e. The fraction of sp³-hybridized carbons (Fsp3) is 0.720. The number of hydrogen-bond donors (Lipinski definition) is 2. The minimum atomic E-state index is -0.967. The van der Waals surface area contributed by atoms with Gasteiger partial charge < -0.3 is 39.5 Å². The van der Waals surface area contributed by atoms with Gasteiger partial charge >= 0.3 is 48.9 Å². The molecule has 332 valence electrons. The number of aliphatic hydroxyl groups excluding tert-OH is 2. The molecule has 0 fully saturated rings. The average molecular weight is 949 g/mol. The van der Waals surface area contributed by atoms with Gasteiger partial charge in [-0.2, -0.15) is 0 Å². The monoisotopic (exact) mass is 949 g/mol. The zero-order valence-corrected chi connectivity index (χ0v) is 41.8. The molecule has 0 aromatic heterocycles. The van der Waals surface area contributed by atoms with Crippen molar-refractivity contribution in [3.8, 4) is 0 Å². The molecule has 8 nitrogen and oxygen atoms in total. The van der Waals surface area contributed by atoms with Gasteiger partial charge in [-0.15, -0.1) is 0 Å². The summed E-state index contributed by atoms with van der Waals surface area (Å²) < 4.78 is 12.3. The van der Waals surface area contributed by atoms with Crippen molar-refractivity contribution < 1.29 is 39.5 Å². The second kappa shape index (κ2) is 42.1. The number of carboxylic acid groups (broad SMARTS) is 2. The summed E-state index contributed by atoms with van der Waals surface area (Å²) in [6, 6.07) is 20.4. The summed E-state index contributed by atoms with van der Waals surface area (Å²) in [5.74, 6) is -1.93. The predicted octanol–water partition coefficient (Wildman–Crippen LogP) is 9.95. The predicted molar refractivity (Wildman–Crippen MR) is 238 cm³/mol. The van der Waals surface area contributed by atoms with Gasteiger partial charge in [-0.3, -0.25) is 0 Å². The first-order chi connectivity index (χ1) is 28.2. The zero-order chi connectivity index (χ0) is 42.3. The molecule has 0 spiro atoms. The fourth-order valence-corrected chi connectivity index (χ4v) is 7.25. The van der Waals surface area contributed by atoms with Crippen LogP contribution in [0, 0.1) is 0 Å². The van der Waals surface area contributed by atoms with Gasteiger partial charge in [-0.05, 0) is 101 Å². The Hall–Kier alpha value is -1.21. The fourth-order valence-electron chi connectivity index (χ4n) is 7.25. The van der Waals surface area contributed by atoms with Gasteiger partial charge in [-0.1, -0.05) is 164 Å². The van der Waals surface area contributed by atoms with E-state index in [9.17, 15) is 30.0 Å². The van der Waals surface area contributed by atoms with Gasteiger partial charge in [0.2, 0.25) is 0 Å². The molecule has 0 saturated heterocycles. The number of carbonyl (C=O) groups is 2. The van der Waals surface area contributed by atoms with Crippen molar-refractivity contribution in [3.05, 3.63) is 71.8 Å². The van der Waals surface area contributed by atoms with Crippen molar-refractivity contribution in [2.45, 2.75) is 231 Å². The SMILES string of the molecule is CCCCCCCC(O)CCCC(CCCCCC(=O)[O-])OCc1ccccc1.CCCCCCCC(O)CCCC(CCCCCC(=O)[O-])OCc1ccccc1.[Ba+2].